The predicted octanol–water partition coefficient (Wildman–Crippen LogP) is 3.35. The second kappa shape index (κ2) is 2.80. The zero-order chi connectivity index (χ0) is 7.78. The number of halogens is 3. The summed E-state index contributed by atoms with van der Waals surface area (Å²) in [6.45, 7) is 0. The van der Waals surface area contributed by atoms with Crippen molar-refractivity contribution < 1.29 is 5.11 Å². The molecule has 58 valence electrons. The van der Waals surface area contributed by atoms with Gasteiger partial charge in [-0.2, -0.15) is 0 Å². The first-order valence-corrected chi connectivity index (χ1v) is 4.13. The Kier molecular flexibility index (Phi) is 2.38. The molecule has 1 nitrogen and oxygen atoms in total. The van der Waals surface area contributed by atoms with E-state index in [2.05, 4.69) is 0 Å². The molecule has 0 spiro atoms. The Hall–Kier alpha value is 0.410. The first-order valence-electron chi connectivity index (χ1n) is 3.00. The quantitative estimate of drug-likeness (QED) is 0.596. The summed E-state index contributed by atoms with van der Waals surface area (Å²) in [5.41, 5.74) is 0. The van der Waals surface area contributed by atoms with E-state index in [0.29, 0.717) is 12.8 Å². The van der Waals surface area contributed by atoms with Gasteiger partial charge in [0.25, 0.3) is 0 Å². The van der Waals surface area contributed by atoms with E-state index in [1.54, 1.807) is 0 Å². The Balaban J connectivity index is 2.89. The van der Waals surface area contributed by atoms with Crippen LogP contribution in [0.2, 0.25) is 0 Å². The molecule has 4 heteroatoms. The number of aliphatic hydroxyl groups excluding tert-OH is 1. The predicted molar refractivity (Wildman–Crippen MR) is 43.8 cm³/mol. The highest BCUT2D eigenvalue weighted by Crippen LogP contribution is 2.43. The maximum absolute atomic E-state index is 9.09. The van der Waals surface area contributed by atoms with Gasteiger partial charge in [0, 0.05) is 6.42 Å². The van der Waals surface area contributed by atoms with Crippen molar-refractivity contribution in [1.82, 2.24) is 0 Å². The fraction of sp³-hybridized carbons (Fsp3) is 0.667. The van der Waals surface area contributed by atoms with E-state index in [0.717, 1.165) is 6.42 Å². The number of rotatable bonds is 0. The SMILES string of the molecule is OC1=C(Cl)C(Cl)(Cl)CCC1. The average Bonchev–Trinajstić information content (AvgIpc) is 1.83. The molecule has 0 saturated heterocycles. The van der Waals surface area contributed by atoms with Crippen molar-refractivity contribution in [2.24, 2.45) is 0 Å². The molecule has 0 radical (unpaired) electrons. The van der Waals surface area contributed by atoms with E-state index in [-0.39, 0.29) is 10.8 Å². The molecule has 0 aromatic rings. The fourth-order valence-corrected chi connectivity index (χ4v) is 1.58. The minimum absolute atomic E-state index is 0.123. The van der Waals surface area contributed by atoms with Gasteiger partial charge in [0.2, 0.25) is 0 Å². The van der Waals surface area contributed by atoms with Crippen LogP contribution < -0.4 is 0 Å². The summed E-state index contributed by atoms with van der Waals surface area (Å²) in [6, 6.07) is 0. The third-order valence-electron chi connectivity index (χ3n) is 1.48. The highest BCUT2D eigenvalue weighted by molar-refractivity contribution is 6.56. The Morgan fingerprint density at radius 3 is 2.40 bits per heavy atom. The van der Waals surface area contributed by atoms with Gasteiger partial charge in [0.1, 0.15) is 5.76 Å². The summed E-state index contributed by atoms with van der Waals surface area (Å²) in [5, 5.41) is 9.27. The normalized spacial score (nSPS) is 25.1. The molecular weight excluding hydrogens is 194 g/mol. The smallest absolute Gasteiger partial charge is 0.156 e. The number of alkyl halides is 2. The molecule has 0 aromatic heterocycles. The Morgan fingerprint density at radius 1 is 1.40 bits per heavy atom. The Labute approximate surface area is 74.6 Å². The van der Waals surface area contributed by atoms with Crippen molar-refractivity contribution in [2.75, 3.05) is 0 Å². The lowest BCUT2D eigenvalue weighted by Gasteiger charge is -2.24. The highest BCUT2D eigenvalue weighted by Gasteiger charge is 2.33. The summed E-state index contributed by atoms with van der Waals surface area (Å²) >= 11 is 17.1. The number of hydrogen-bond donors (Lipinski definition) is 1. The van der Waals surface area contributed by atoms with Gasteiger partial charge in [0.15, 0.2) is 4.33 Å². The van der Waals surface area contributed by atoms with Crippen molar-refractivity contribution >= 4 is 34.8 Å². The van der Waals surface area contributed by atoms with Gasteiger partial charge in [-0.25, -0.2) is 0 Å². The van der Waals surface area contributed by atoms with Crippen molar-refractivity contribution in [2.45, 2.75) is 23.6 Å². The number of hydrogen-bond acceptors (Lipinski definition) is 1. The Bertz CT molecular complexity index is 174. The summed E-state index contributed by atoms with van der Waals surface area (Å²) in [5.74, 6) is 0.123. The lowest BCUT2D eigenvalue weighted by molar-refractivity contribution is 0.362. The molecule has 1 aliphatic carbocycles. The second-order valence-electron chi connectivity index (χ2n) is 2.32. The van der Waals surface area contributed by atoms with Crippen LogP contribution in [0.1, 0.15) is 19.3 Å². The molecule has 0 atom stereocenters. The lowest BCUT2D eigenvalue weighted by atomic mass is 10.1. The van der Waals surface area contributed by atoms with Crippen LogP contribution in [0.4, 0.5) is 0 Å². The molecule has 0 saturated carbocycles. The monoisotopic (exact) mass is 200 g/mol. The van der Waals surface area contributed by atoms with Gasteiger partial charge in [-0.05, 0) is 12.8 Å². The first-order chi connectivity index (χ1) is 4.54. The standard InChI is InChI=1S/C6H7Cl3O/c7-5-4(10)2-1-3-6(5,8)9/h10H,1-3H2. The van der Waals surface area contributed by atoms with Crippen LogP contribution in [-0.2, 0) is 0 Å². The zero-order valence-corrected chi connectivity index (χ0v) is 7.47. The third-order valence-corrected chi connectivity index (χ3v) is 2.97. The van der Waals surface area contributed by atoms with Gasteiger partial charge in [-0.1, -0.05) is 34.8 Å². The van der Waals surface area contributed by atoms with Crippen molar-refractivity contribution in [3.63, 3.8) is 0 Å². The van der Waals surface area contributed by atoms with E-state index in [4.69, 9.17) is 39.9 Å². The maximum Gasteiger partial charge on any atom is 0.156 e. The zero-order valence-electron chi connectivity index (χ0n) is 5.20. The van der Waals surface area contributed by atoms with Crippen molar-refractivity contribution in [3.8, 4) is 0 Å². The van der Waals surface area contributed by atoms with Crippen LogP contribution >= 0.6 is 34.8 Å². The molecule has 0 heterocycles. The van der Waals surface area contributed by atoms with Crippen LogP contribution in [0.5, 0.6) is 0 Å². The first kappa shape index (κ1) is 8.51. The summed E-state index contributed by atoms with van der Waals surface area (Å²) in [4.78, 5) is 0. The van der Waals surface area contributed by atoms with Crippen LogP contribution in [0, 0.1) is 0 Å². The second-order valence-corrected chi connectivity index (χ2v) is 4.18. The molecule has 0 bridgehead atoms. The van der Waals surface area contributed by atoms with Crippen molar-refractivity contribution in [3.05, 3.63) is 10.8 Å². The van der Waals surface area contributed by atoms with E-state index in [1.165, 1.54) is 0 Å². The van der Waals surface area contributed by atoms with E-state index in [9.17, 15) is 0 Å². The molecule has 0 fully saturated rings. The van der Waals surface area contributed by atoms with Crippen molar-refractivity contribution in [1.29, 1.82) is 0 Å². The van der Waals surface area contributed by atoms with Crippen LogP contribution in [0.15, 0.2) is 10.8 Å². The van der Waals surface area contributed by atoms with E-state index >= 15 is 0 Å². The van der Waals surface area contributed by atoms with Crippen LogP contribution in [-0.4, -0.2) is 9.44 Å². The summed E-state index contributed by atoms with van der Waals surface area (Å²) < 4.78 is -1.05. The molecule has 0 amide bonds. The molecule has 1 rings (SSSR count). The number of aliphatic hydroxyl groups is 1. The highest BCUT2D eigenvalue weighted by atomic mass is 35.5. The fourth-order valence-electron chi connectivity index (χ4n) is 0.908. The Morgan fingerprint density at radius 2 is 2.00 bits per heavy atom. The molecule has 1 aliphatic rings. The largest absolute Gasteiger partial charge is 0.511 e. The minimum atomic E-state index is -1.05. The molecule has 1 N–H and O–H groups in total. The van der Waals surface area contributed by atoms with E-state index in [1.807, 2.05) is 0 Å². The molecule has 10 heavy (non-hydrogen) atoms. The van der Waals surface area contributed by atoms with Gasteiger partial charge < -0.3 is 5.11 Å². The lowest BCUT2D eigenvalue weighted by Crippen LogP contribution is -2.18. The summed E-state index contributed by atoms with van der Waals surface area (Å²) in [6.07, 6.45) is 1.98. The molecule has 0 unspecified atom stereocenters. The topological polar surface area (TPSA) is 20.2 Å². The molecule has 0 aromatic carbocycles. The minimum Gasteiger partial charge on any atom is -0.511 e. The van der Waals surface area contributed by atoms with Crippen LogP contribution in [0.25, 0.3) is 0 Å². The van der Waals surface area contributed by atoms with Gasteiger partial charge >= 0.3 is 0 Å². The van der Waals surface area contributed by atoms with Gasteiger partial charge in [0.05, 0.1) is 5.03 Å². The molecule has 0 aliphatic heterocycles. The maximum atomic E-state index is 9.09. The van der Waals surface area contributed by atoms with E-state index < -0.39 is 4.33 Å². The van der Waals surface area contributed by atoms with Gasteiger partial charge in [-0.15, -0.1) is 0 Å². The van der Waals surface area contributed by atoms with Crippen LogP contribution in [0.3, 0.4) is 0 Å². The summed E-state index contributed by atoms with van der Waals surface area (Å²) in [7, 11) is 0. The number of allylic oxidation sites excluding steroid dienone is 2. The average molecular weight is 201 g/mol. The van der Waals surface area contributed by atoms with Gasteiger partial charge in [-0.3, -0.25) is 0 Å². The molecular formula is C6H7Cl3O. The third kappa shape index (κ3) is 1.52.